The van der Waals surface area contributed by atoms with Gasteiger partial charge in [-0.1, -0.05) is 13.0 Å². The summed E-state index contributed by atoms with van der Waals surface area (Å²) in [6, 6.07) is 4.21. The van der Waals surface area contributed by atoms with Crippen molar-refractivity contribution in [3.63, 3.8) is 0 Å². The number of hydrogen-bond donors (Lipinski definition) is 1. The maximum absolute atomic E-state index is 5.69. The first-order chi connectivity index (χ1) is 7.81. The SMILES string of the molecule is CC(CN)Cc1cccnc1N1CCCC1. The van der Waals surface area contributed by atoms with E-state index in [-0.39, 0.29) is 0 Å². The molecule has 0 amide bonds. The van der Waals surface area contributed by atoms with Crippen molar-refractivity contribution in [3.05, 3.63) is 23.9 Å². The smallest absolute Gasteiger partial charge is 0.131 e. The van der Waals surface area contributed by atoms with Crippen LogP contribution in [0.25, 0.3) is 0 Å². The van der Waals surface area contributed by atoms with Crippen molar-refractivity contribution in [2.75, 3.05) is 24.5 Å². The standard InChI is InChI=1S/C13H21N3/c1-11(10-14)9-12-5-4-6-15-13(12)16-7-2-3-8-16/h4-6,11H,2-3,7-10,14H2,1H3. The van der Waals surface area contributed by atoms with Crippen molar-refractivity contribution in [2.24, 2.45) is 11.7 Å². The van der Waals surface area contributed by atoms with Crippen molar-refractivity contribution < 1.29 is 0 Å². The Hall–Kier alpha value is -1.09. The molecule has 0 radical (unpaired) electrons. The third-order valence-corrected chi connectivity index (χ3v) is 3.24. The normalized spacial score (nSPS) is 17.8. The van der Waals surface area contributed by atoms with Gasteiger partial charge in [0.25, 0.3) is 0 Å². The number of pyridine rings is 1. The fourth-order valence-corrected chi connectivity index (χ4v) is 2.26. The first kappa shape index (κ1) is 11.4. The molecule has 0 aromatic carbocycles. The minimum atomic E-state index is 0.533. The number of aromatic nitrogens is 1. The molecule has 3 heteroatoms. The van der Waals surface area contributed by atoms with Gasteiger partial charge in [0.1, 0.15) is 5.82 Å². The first-order valence-corrected chi connectivity index (χ1v) is 6.20. The second kappa shape index (κ2) is 5.30. The molecule has 1 atom stereocenters. The lowest BCUT2D eigenvalue weighted by Crippen LogP contribution is -2.22. The second-order valence-electron chi connectivity index (χ2n) is 4.73. The van der Waals surface area contributed by atoms with Gasteiger partial charge in [-0.05, 0) is 43.4 Å². The highest BCUT2D eigenvalue weighted by atomic mass is 15.2. The van der Waals surface area contributed by atoms with Gasteiger partial charge in [0, 0.05) is 19.3 Å². The third kappa shape index (κ3) is 2.53. The highest BCUT2D eigenvalue weighted by Gasteiger charge is 2.17. The van der Waals surface area contributed by atoms with Gasteiger partial charge in [0.05, 0.1) is 0 Å². The van der Waals surface area contributed by atoms with Crippen LogP contribution in [0, 0.1) is 5.92 Å². The molecular formula is C13H21N3. The van der Waals surface area contributed by atoms with Gasteiger partial charge in [0.15, 0.2) is 0 Å². The van der Waals surface area contributed by atoms with Crippen molar-refractivity contribution in [1.82, 2.24) is 4.98 Å². The maximum atomic E-state index is 5.69. The van der Waals surface area contributed by atoms with Gasteiger partial charge in [-0.25, -0.2) is 4.98 Å². The lowest BCUT2D eigenvalue weighted by molar-refractivity contribution is 0.591. The van der Waals surface area contributed by atoms with Crippen LogP contribution in [0.15, 0.2) is 18.3 Å². The van der Waals surface area contributed by atoms with E-state index in [1.54, 1.807) is 0 Å². The van der Waals surface area contributed by atoms with Crippen molar-refractivity contribution in [1.29, 1.82) is 0 Å². The lowest BCUT2D eigenvalue weighted by atomic mass is 10.0. The van der Waals surface area contributed by atoms with Gasteiger partial charge < -0.3 is 10.6 Å². The van der Waals surface area contributed by atoms with E-state index in [1.165, 1.54) is 24.2 Å². The van der Waals surface area contributed by atoms with Crippen LogP contribution in [0.2, 0.25) is 0 Å². The highest BCUT2D eigenvalue weighted by molar-refractivity contribution is 5.47. The minimum absolute atomic E-state index is 0.533. The van der Waals surface area contributed by atoms with Crippen LogP contribution in [0.4, 0.5) is 5.82 Å². The summed E-state index contributed by atoms with van der Waals surface area (Å²) in [5, 5.41) is 0. The second-order valence-corrected chi connectivity index (χ2v) is 4.73. The number of rotatable bonds is 4. The predicted octanol–water partition coefficient (Wildman–Crippen LogP) is 1.82. The summed E-state index contributed by atoms with van der Waals surface area (Å²) < 4.78 is 0. The fourth-order valence-electron chi connectivity index (χ4n) is 2.26. The summed E-state index contributed by atoms with van der Waals surface area (Å²) in [6.45, 7) is 5.25. The Balaban J connectivity index is 2.16. The molecule has 1 fully saturated rings. The molecule has 1 unspecified atom stereocenters. The molecule has 0 saturated carbocycles. The molecule has 1 aromatic heterocycles. The van der Waals surface area contributed by atoms with Crippen molar-refractivity contribution in [3.8, 4) is 0 Å². The number of anilines is 1. The molecule has 0 aliphatic carbocycles. The summed E-state index contributed by atoms with van der Waals surface area (Å²) in [5.74, 6) is 1.71. The average Bonchev–Trinajstić information content (AvgIpc) is 2.83. The lowest BCUT2D eigenvalue weighted by Gasteiger charge is -2.21. The molecule has 2 heterocycles. The summed E-state index contributed by atoms with van der Waals surface area (Å²) >= 11 is 0. The van der Waals surface area contributed by atoms with Gasteiger partial charge >= 0.3 is 0 Å². The van der Waals surface area contributed by atoms with E-state index < -0.39 is 0 Å². The van der Waals surface area contributed by atoms with E-state index in [2.05, 4.69) is 22.9 Å². The molecule has 0 spiro atoms. The van der Waals surface area contributed by atoms with E-state index in [9.17, 15) is 0 Å². The summed E-state index contributed by atoms with van der Waals surface area (Å²) in [5.41, 5.74) is 7.04. The fraction of sp³-hybridized carbons (Fsp3) is 0.615. The Kier molecular flexibility index (Phi) is 3.78. The summed E-state index contributed by atoms with van der Waals surface area (Å²) in [4.78, 5) is 6.93. The van der Waals surface area contributed by atoms with Crippen LogP contribution in [-0.2, 0) is 6.42 Å². The van der Waals surface area contributed by atoms with E-state index in [4.69, 9.17) is 5.73 Å². The van der Waals surface area contributed by atoms with Gasteiger partial charge in [-0.3, -0.25) is 0 Å². The Morgan fingerprint density at radius 3 is 2.88 bits per heavy atom. The van der Waals surface area contributed by atoms with Crippen LogP contribution < -0.4 is 10.6 Å². The van der Waals surface area contributed by atoms with Crippen LogP contribution in [-0.4, -0.2) is 24.6 Å². The Bertz CT molecular complexity index is 332. The Morgan fingerprint density at radius 2 is 2.19 bits per heavy atom. The van der Waals surface area contributed by atoms with E-state index in [0.717, 1.165) is 26.1 Å². The molecule has 3 nitrogen and oxygen atoms in total. The van der Waals surface area contributed by atoms with Gasteiger partial charge in [-0.15, -0.1) is 0 Å². The maximum Gasteiger partial charge on any atom is 0.131 e. The van der Waals surface area contributed by atoms with Crippen LogP contribution >= 0.6 is 0 Å². The summed E-state index contributed by atoms with van der Waals surface area (Å²) in [6.07, 6.45) is 5.52. The van der Waals surface area contributed by atoms with Crippen molar-refractivity contribution in [2.45, 2.75) is 26.2 Å². The number of nitrogens with two attached hydrogens (primary N) is 1. The van der Waals surface area contributed by atoms with E-state index >= 15 is 0 Å². The van der Waals surface area contributed by atoms with Crippen molar-refractivity contribution >= 4 is 5.82 Å². The largest absolute Gasteiger partial charge is 0.356 e. The van der Waals surface area contributed by atoms with Crippen LogP contribution in [0.1, 0.15) is 25.3 Å². The zero-order chi connectivity index (χ0) is 11.4. The molecule has 2 rings (SSSR count). The predicted molar refractivity (Wildman–Crippen MR) is 67.6 cm³/mol. The van der Waals surface area contributed by atoms with Crippen LogP contribution in [0.5, 0.6) is 0 Å². The molecule has 88 valence electrons. The molecule has 16 heavy (non-hydrogen) atoms. The molecule has 2 N–H and O–H groups in total. The monoisotopic (exact) mass is 219 g/mol. The zero-order valence-corrected chi connectivity index (χ0v) is 10.0. The van der Waals surface area contributed by atoms with Crippen LogP contribution in [0.3, 0.4) is 0 Å². The third-order valence-electron chi connectivity index (χ3n) is 3.24. The minimum Gasteiger partial charge on any atom is -0.356 e. The quantitative estimate of drug-likeness (QED) is 0.840. The highest BCUT2D eigenvalue weighted by Crippen LogP contribution is 2.23. The molecular weight excluding hydrogens is 198 g/mol. The average molecular weight is 219 g/mol. The molecule has 1 aliphatic rings. The molecule has 0 bridgehead atoms. The van der Waals surface area contributed by atoms with E-state index in [1.807, 2.05) is 12.3 Å². The molecule has 1 saturated heterocycles. The number of hydrogen-bond acceptors (Lipinski definition) is 3. The first-order valence-electron chi connectivity index (χ1n) is 6.20. The topological polar surface area (TPSA) is 42.1 Å². The molecule has 1 aliphatic heterocycles. The van der Waals surface area contributed by atoms with Gasteiger partial charge in [-0.2, -0.15) is 0 Å². The molecule has 1 aromatic rings. The van der Waals surface area contributed by atoms with E-state index in [0.29, 0.717) is 5.92 Å². The van der Waals surface area contributed by atoms with Gasteiger partial charge in [0.2, 0.25) is 0 Å². The summed E-state index contributed by atoms with van der Waals surface area (Å²) in [7, 11) is 0. The Labute approximate surface area is 97.7 Å². The number of nitrogens with zero attached hydrogens (tertiary/aromatic N) is 2. The Morgan fingerprint density at radius 1 is 1.44 bits per heavy atom. The zero-order valence-electron chi connectivity index (χ0n) is 10.0.